The number of nitro benzene ring substituents is 1. The monoisotopic (exact) mass is 487 g/mol. The first-order chi connectivity index (χ1) is 17.9. The molecule has 8 nitrogen and oxygen atoms in total. The molecule has 5 aromatic rings. The Morgan fingerprint density at radius 1 is 0.757 bits per heavy atom. The Labute approximate surface area is 209 Å². The van der Waals surface area contributed by atoms with Gasteiger partial charge < -0.3 is 5.32 Å². The number of fused-ring (bicyclic) bond motifs is 1. The Kier molecular flexibility index (Phi) is 5.01. The number of carbonyl (C=O) groups excluding carboxylic acids is 3. The van der Waals surface area contributed by atoms with Crippen LogP contribution in [0.3, 0.4) is 0 Å². The Balaban J connectivity index is 1.30. The summed E-state index contributed by atoms with van der Waals surface area (Å²) in [4.78, 5) is 51.4. The molecule has 0 unspecified atom stereocenters. The van der Waals surface area contributed by atoms with E-state index in [2.05, 4.69) is 5.32 Å². The molecule has 0 bridgehead atoms. The van der Waals surface area contributed by atoms with E-state index in [1.165, 1.54) is 42.5 Å². The zero-order chi connectivity index (χ0) is 25.7. The molecule has 0 radical (unpaired) electrons. The molecule has 1 aliphatic rings. The van der Waals surface area contributed by atoms with Crippen LogP contribution in [0, 0.1) is 10.1 Å². The Morgan fingerprint density at radius 2 is 1.46 bits per heavy atom. The van der Waals surface area contributed by atoms with Crippen molar-refractivity contribution in [3.63, 3.8) is 0 Å². The summed E-state index contributed by atoms with van der Waals surface area (Å²) >= 11 is 0. The van der Waals surface area contributed by atoms with Gasteiger partial charge in [-0.3, -0.25) is 24.5 Å². The van der Waals surface area contributed by atoms with E-state index >= 15 is 0 Å². The SMILES string of the molecule is O=C(Nc1ccc2ccccc2c1)c1ccc(N2C(=O)c3cccc4c([N+](=O)[O-])ccc(c34)C2=O)cc1. The highest BCUT2D eigenvalue weighted by Crippen LogP contribution is 2.37. The lowest BCUT2D eigenvalue weighted by atomic mass is 9.92. The van der Waals surface area contributed by atoms with Gasteiger partial charge in [0.05, 0.1) is 16.0 Å². The summed E-state index contributed by atoms with van der Waals surface area (Å²) in [5.74, 6) is -1.51. The first-order valence-electron chi connectivity index (χ1n) is 11.4. The van der Waals surface area contributed by atoms with Crippen LogP contribution in [-0.4, -0.2) is 22.6 Å². The average molecular weight is 487 g/mol. The summed E-state index contributed by atoms with van der Waals surface area (Å²) in [5, 5.41) is 16.9. The number of rotatable bonds is 4. The van der Waals surface area contributed by atoms with Gasteiger partial charge in [0, 0.05) is 33.8 Å². The third kappa shape index (κ3) is 3.59. The van der Waals surface area contributed by atoms with Gasteiger partial charge in [-0.15, -0.1) is 0 Å². The Bertz CT molecular complexity index is 1770. The number of carbonyl (C=O) groups is 3. The molecule has 0 fully saturated rings. The quantitative estimate of drug-likeness (QED) is 0.191. The summed E-state index contributed by atoms with van der Waals surface area (Å²) in [6, 6.07) is 26.9. The molecule has 1 heterocycles. The number of imide groups is 1. The van der Waals surface area contributed by atoms with Crippen molar-refractivity contribution in [2.75, 3.05) is 10.2 Å². The van der Waals surface area contributed by atoms with Gasteiger partial charge in [0.25, 0.3) is 23.4 Å². The first-order valence-corrected chi connectivity index (χ1v) is 11.4. The summed E-state index contributed by atoms with van der Waals surface area (Å²) in [6.07, 6.45) is 0. The predicted molar refractivity (Wildman–Crippen MR) is 140 cm³/mol. The third-order valence-corrected chi connectivity index (χ3v) is 6.48. The lowest BCUT2D eigenvalue weighted by Gasteiger charge is -2.27. The molecule has 8 heteroatoms. The number of nitrogens with zero attached hydrogens (tertiary/aromatic N) is 2. The van der Waals surface area contributed by atoms with Crippen LogP contribution in [-0.2, 0) is 0 Å². The van der Waals surface area contributed by atoms with Crippen LogP contribution in [0.25, 0.3) is 21.5 Å². The molecule has 1 aliphatic heterocycles. The second-order valence-corrected chi connectivity index (χ2v) is 8.63. The molecule has 178 valence electrons. The minimum atomic E-state index is -0.586. The van der Waals surface area contributed by atoms with E-state index in [9.17, 15) is 24.5 Å². The predicted octanol–water partition coefficient (Wildman–Crippen LogP) is 5.95. The molecular weight excluding hydrogens is 470 g/mol. The van der Waals surface area contributed by atoms with Gasteiger partial charge in [0.2, 0.25) is 0 Å². The molecular formula is C29H17N3O5. The number of amides is 3. The maximum atomic E-state index is 13.3. The molecule has 1 N–H and O–H groups in total. The zero-order valence-electron chi connectivity index (χ0n) is 19.2. The minimum absolute atomic E-state index is 0.170. The lowest BCUT2D eigenvalue weighted by molar-refractivity contribution is -0.383. The van der Waals surface area contributed by atoms with Gasteiger partial charge in [0.15, 0.2) is 0 Å². The average Bonchev–Trinajstić information content (AvgIpc) is 2.91. The van der Waals surface area contributed by atoms with E-state index in [1.54, 1.807) is 12.1 Å². The van der Waals surface area contributed by atoms with Gasteiger partial charge in [-0.1, -0.05) is 36.4 Å². The van der Waals surface area contributed by atoms with Crippen molar-refractivity contribution in [3.05, 3.63) is 124 Å². The van der Waals surface area contributed by atoms with Crippen LogP contribution < -0.4 is 10.2 Å². The highest BCUT2D eigenvalue weighted by Gasteiger charge is 2.35. The van der Waals surface area contributed by atoms with Crippen LogP contribution in [0.5, 0.6) is 0 Å². The van der Waals surface area contributed by atoms with Crippen LogP contribution in [0.15, 0.2) is 97.1 Å². The smallest absolute Gasteiger partial charge is 0.277 e. The number of nitro groups is 1. The topological polar surface area (TPSA) is 110 Å². The van der Waals surface area contributed by atoms with E-state index in [-0.39, 0.29) is 33.5 Å². The second-order valence-electron chi connectivity index (χ2n) is 8.63. The van der Waals surface area contributed by atoms with E-state index in [0.717, 1.165) is 15.7 Å². The maximum absolute atomic E-state index is 13.3. The number of benzene rings is 5. The molecule has 37 heavy (non-hydrogen) atoms. The van der Waals surface area contributed by atoms with Crippen molar-refractivity contribution in [1.82, 2.24) is 0 Å². The largest absolute Gasteiger partial charge is 0.322 e. The van der Waals surface area contributed by atoms with E-state index in [1.807, 2.05) is 42.5 Å². The van der Waals surface area contributed by atoms with Crippen molar-refractivity contribution in [2.24, 2.45) is 0 Å². The normalized spacial score (nSPS) is 12.7. The number of hydrogen-bond donors (Lipinski definition) is 1. The molecule has 5 aromatic carbocycles. The highest BCUT2D eigenvalue weighted by molar-refractivity contribution is 6.36. The second kappa shape index (κ2) is 8.39. The van der Waals surface area contributed by atoms with Crippen molar-refractivity contribution >= 4 is 56.3 Å². The number of hydrogen-bond acceptors (Lipinski definition) is 5. The summed E-state index contributed by atoms with van der Waals surface area (Å²) in [6.45, 7) is 0. The molecule has 0 saturated carbocycles. The molecule has 0 aromatic heterocycles. The summed E-state index contributed by atoms with van der Waals surface area (Å²) in [5.41, 5.74) is 1.53. The zero-order valence-corrected chi connectivity index (χ0v) is 19.2. The van der Waals surface area contributed by atoms with Crippen LogP contribution in [0.4, 0.5) is 17.1 Å². The highest BCUT2D eigenvalue weighted by atomic mass is 16.6. The van der Waals surface area contributed by atoms with Gasteiger partial charge in [-0.25, -0.2) is 4.90 Å². The number of nitrogens with one attached hydrogen (secondary N) is 1. The number of anilines is 2. The third-order valence-electron chi connectivity index (χ3n) is 6.48. The molecule has 3 amide bonds. The van der Waals surface area contributed by atoms with Crippen LogP contribution in [0.2, 0.25) is 0 Å². The minimum Gasteiger partial charge on any atom is -0.322 e. The fourth-order valence-corrected chi connectivity index (χ4v) is 4.71. The van der Waals surface area contributed by atoms with Crippen LogP contribution in [0.1, 0.15) is 31.1 Å². The molecule has 0 spiro atoms. The Morgan fingerprint density at radius 3 is 2.19 bits per heavy atom. The summed E-state index contributed by atoms with van der Waals surface area (Å²) < 4.78 is 0. The van der Waals surface area contributed by atoms with Crippen molar-refractivity contribution in [2.45, 2.75) is 0 Å². The fourth-order valence-electron chi connectivity index (χ4n) is 4.71. The van der Waals surface area contributed by atoms with Gasteiger partial charge in [0.1, 0.15) is 0 Å². The molecule has 0 aliphatic carbocycles. The molecule has 0 atom stereocenters. The van der Waals surface area contributed by atoms with Gasteiger partial charge in [-0.05, 0) is 65.4 Å². The standard InChI is InChI=1S/C29H17N3O5/c33-27(30-20-11-8-17-4-1-2-5-19(17)16-20)18-9-12-21(13-10-18)31-28(34)23-7-3-6-22-25(32(36)37)15-14-24(26(22)23)29(31)35/h1-16H,(H,30,33). The fraction of sp³-hybridized carbons (Fsp3) is 0. The van der Waals surface area contributed by atoms with Gasteiger partial charge >= 0.3 is 0 Å². The Hall–Kier alpha value is -5.37. The van der Waals surface area contributed by atoms with Gasteiger partial charge in [-0.2, -0.15) is 0 Å². The van der Waals surface area contributed by atoms with Crippen LogP contribution >= 0.6 is 0 Å². The van der Waals surface area contributed by atoms with Crippen molar-refractivity contribution < 1.29 is 19.3 Å². The van der Waals surface area contributed by atoms with Crippen molar-refractivity contribution in [3.8, 4) is 0 Å². The molecule has 6 rings (SSSR count). The summed E-state index contributed by atoms with van der Waals surface area (Å²) in [7, 11) is 0. The van der Waals surface area contributed by atoms with E-state index < -0.39 is 16.7 Å². The number of non-ortho nitro benzene ring substituents is 1. The van der Waals surface area contributed by atoms with E-state index in [0.29, 0.717) is 16.9 Å². The van der Waals surface area contributed by atoms with Crippen molar-refractivity contribution in [1.29, 1.82) is 0 Å². The van der Waals surface area contributed by atoms with E-state index in [4.69, 9.17) is 0 Å². The molecule has 0 saturated heterocycles. The maximum Gasteiger partial charge on any atom is 0.277 e. The lowest BCUT2D eigenvalue weighted by Crippen LogP contribution is -2.40. The first kappa shape index (κ1) is 22.1.